The van der Waals surface area contributed by atoms with Crippen LogP contribution in [-0.2, 0) is 4.74 Å². The molecule has 2 unspecified atom stereocenters. The van der Waals surface area contributed by atoms with Crippen LogP contribution in [0.15, 0.2) is 0 Å². The monoisotopic (exact) mass is 217 g/mol. The Morgan fingerprint density at radius 2 is 2.07 bits per heavy atom. The molecule has 0 radical (unpaired) electrons. The van der Waals surface area contributed by atoms with E-state index in [-0.39, 0.29) is 12.1 Å². The molecule has 0 saturated heterocycles. The van der Waals surface area contributed by atoms with Crippen molar-refractivity contribution in [2.75, 3.05) is 0 Å². The van der Waals surface area contributed by atoms with Gasteiger partial charge in [-0.05, 0) is 40.0 Å². The summed E-state index contributed by atoms with van der Waals surface area (Å²) >= 11 is 4.37. The minimum Gasteiger partial charge on any atom is -0.444 e. The fraction of sp³-hybridized carbons (Fsp3) is 0.900. The van der Waals surface area contributed by atoms with E-state index in [0.29, 0.717) is 5.25 Å². The molecule has 4 heteroatoms. The normalized spacial score (nSPS) is 27.4. The van der Waals surface area contributed by atoms with Crippen LogP contribution in [0.1, 0.15) is 40.0 Å². The van der Waals surface area contributed by atoms with Gasteiger partial charge in [-0.25, -0.2) is 4.79 Å². The van der Waals surface area contributed by atoms with E-state index < -0.39 is 5.60 Å². The summed E-state index contributed by atoms with van der Waals surface area (Å²) in [6, 6.07) is 0.243. The molecule has 82 valence electrons. The predicted octanol–water partition coefficient (Wildman–Crippen LogP) is 2.36. The van der Waals surface area contributed by atoms with Crippen LogP contribution in [0.5, 0.6) is 0 Å². The van der Waals surface area contributed by atoms with Crippen LogP contribution >= 0.6 is 12.6 Å². The summed E-state index contributed by atoms with van der Waals surface area (Å²) in [4.78, 5) is 11.4. The van der Waals surface area contributed by atoms with E-state index in [4.69, 9.17) is 4.74 Å². The summed E-state index contributed by atoms with van der Waals surface area (Å²) < 4.78 is 5.16. The van der Waals surface area contributed by atoms with E-state index in [1.807, 2.05) is 20.8 Å². The summed E-state index contributed by atoms with van der Waals surface area (Å²) in [5, 5.41) is 3.28. The molecule has 1 aliphatic carbocycles. The lowest BCUT2D eigenvalue weighted by Crippen LogP contribution is -2.37. The van der Waals surface area contributed by atoms with Gasteiger partial charge in [0.15, 0.2) is 0 Å². The molecule has 0 heterocycles. The van der Waals surface area contributed by atoms with Crippen LogP contribution in [0, 0.1) is 0 Å². The van der Waals surface area contributed by atoms with Crippen molar-refractivity contribution in [1.82, 2.24) is 5.32 Å². The van der Waals surface area contributed by atoms with Crippen LogP contribution in [-0.4, -0.2) is 23.0 Å². The Labute approximate surface area is 91.0 Å². The van der Waals surface area contributed by atoms with Gasteiger partial charge >= 0.3 is 6.09 Å². The van der Waals surface area contributed by atoms with Gasteiger partial charge in [-0.15, -0.1) is 0 Å². The highest BCUT2D eigenvalue weighted by Crippen LogP contribution is 2.23. The van der Waals surface area contributed by atoms with Crippen LogP contribution in [0.4, 0.5) is 4.79 Å². The number of hydrogen-bond acceptors (Lipinski definition) is 3. The van der Waals surface area contributed by atoms with Crippen molar-refractivity contribution in [2.24, 2.45) is 0 Å². The maximum atomic E-state index is 11.4. The number of ether oxygens (including phenoxy) is 1. The summed E-state index contributed by atoms with van der Waals surface area (Å²) in [5.74, 6) is 0. The molecular weight excluding hydrogens is 198 g/mol. The third kappa shape index (κ3) is 4.22. The van der Waals surface area contributed by atoms with Crippen LogP contribution in [0.2, 0.25) is 0 Å². The Kier molecular flexibility index (Phi) is 3.70. The molecule has 0 spiro atoms. The smallest absolute Gasteiger partial charge is 0.407 e. The Balaban J connectivity index is 2.27. The predicted molar refractivity (Wildman–Crippen MR) is 59.8 cm³/mol. The first-order valence-electron chi connectivity index (χ1n) is 5.04. The number of hydrogen-bond donors (Lipinski definition) is 2. The van der Waals surface area contributed by atoms with Crippen LogP contribution in [0.25, 0.3) is 0 Å². The van der Waals surface area contributed by atoms with E-state index in [1.165, 1.54) is 0 Å². The van der Waals surface area contributed by atoms with E-state index in [9.17, 15) is 4.79 Å². The fourth-order valence-electron chi connectivity index (χ4n) is 1.56. The number of carbonyl (C=O) groups excluding carboxylic acids is 1. The first kappa shape index (κ1) is 11.7. The molecule has 2 atom stereocenters. The van der Waals surface area contributed by atoms with Crippen molar-refractivity contribution >= 4 is 18.7 Å². The van der Waals surface area contributed by atoms with Crippen molar-refractivity contribution in [2.45, 2.75) is 56.9 Å². The third-order valence-corrected chi connectivity index (χ3v) is 2.59. The van der Waals surface area contributed by atoms with Gasteiger partial charge in [-0.2, -0.15) is 12.6 Å². The van der Waals surface area contributed by atoms with Gasteiger partial charge in [0.1, 0.15) is 5.60 Å². The number of carbonyl (C=O) groups is 1. The van der Waals surface area contributed by atoms with Gasteiger partial charge in [0, 0.05) is 11.3 Å². The molecule has 1 aliphatic rings. The minimum absolute atomic E-state index is 0.243. The second-order valence-electron chi connectivity index (χ2n) is 4.81. The Bertz CT molecular complexity index is 213. The Morgan fingerprint density at radius 1 is 1.43 bits per heavy atom. The highest BCUT2D eigenvalue weighted by molar-refractivity contribution is 7.80. The Hall–Kier alpha value is -0.380. The number of amides is 1. The number of nitrogens with one attached hydrogen (secondary N) is 1. The average molecular weight is 217 g/mol. The van der Waals surface area contributed by atoms with Gasteiger partial charge in [0.25, 0.3) is 0 Å². The summed E-state index contributed by atoms with van der Waals surface area (Å²) in [6.45, 7) is 5.59. The lowest BCUT2D eigenvalue weighted by Gasteiger charge is -2.21. The number of rotatable bonds is 1. The topological polar surface area (TPSA) is 38.3 Å². The first-order chi connectivity index (χ1) is 6.37. The molecule has 14 heavy (non-hydrogen) atoms. The molecule has 1 amide bonds. The molecular formula is C10H19NO2S. The van der Waals surface area contributed by atoms with Gasteiger partial charge in [0.05, 0.1) is 0 Å². The first-order valence-corrected chi connectivity index (χ1v) is 5.56. The largest absolute Gasteiger partial charge is 0.444 e. The molecule has 0 aromatic rings. The van der Waals surface area contributed by atoms with Crippen molar-refractivity contribution in [1.29, 1.82) is 0 Å². The molecule has 0 bridgehead atoms. The van der Waals surface area contributed by atoms with Gasteiger partial charge < -0.3 is 10.1 Å². The van der Waals surface area contributed by atoms with E-state index in [1.54, 1.807) is 0 Å². The highest BCUT2D eigenvalue weighted by Gasteiger charge is 2.25. The SMILES string of the molecule is CC(C)(C)OC(=O)NC1CCC(S)C1. The van der Waals surface area contributed by atoms with E-state index in [2.05, 4.69) is 17.9 Å². The third-order valence-electron chi connectivity index (χ3n) is 2.13. The van der Waals surface area contributed by atoms with Crippen LogP contribution in [0.3, 0.4) is 0 Å². The maximum Gasteiger partial charge on any atom is 0.407 e. The van der Waals surface area contributed by atoms with Crippen LogP contribution < -0.4 is 5.32 Å². The second kappa shape index (κ2) is 4.43. The number of alkyl carbamates (subject to hydrolysis) is 1. The zero-order chi connectivity index (χ0) is 10.8. The molecule has 0 aromatic carbocycles. The molecule has 1 rings (SSSR count). The highest BCUT2D eigenvalue weighted by atomic mass is 32.1. The minimum atomic E-state index is -0.414. The van der Waals surface area contributed by atoms with Gasteiger partial charge in [0.2, 0.25) is 0 Å². The molecule has 1 saturated carbocycles. The average Bonchev–Trinajstić information content (AvgIpc) is 2.30. The molecule has 1 fully saturated rings. The Morgan fingerprint density at radius 3 is 2.50 bits per heavy atom. The van der Waals surface area contributed by atoms with Crippen molar-refractivity contribution in [3.05, 3.63) is 0 Å². The second-order valence-corrected chi connectivity index (χ2v) is 5.54. The van der Waals surface area contributed by atoms with Crippen molar-refractivity contribution in [3.8, 4) is 0 Å². The van der Waals surface area contributed by atoms with Crippen molar-refractivity contribution in [3.63, 3.8) is 0 Å². The molecule has 0 aliphatic heterocycles. The molecule has 0 aromatic heterocycles. The summed E-state index contributed by atoms with van der Waals surface area (Å²) in [7, 11) is 0. The molecule has 3 nitrogen and oxygen atoms in total. The van der Waals surface area contributed by atoms with Crippen molar-refractivity contribution < 1.29 is 9.53 Å². The lowest BCUT2D eigenvalue weighted by atomic mass is 10.2. The lowest BCUT2D eigenvalue weighted by molar-refractivity contribution is 0.0506. The zero-order valence-electron chi connectivity index (χ0n) is 9.04. The summed E-state index contributed by atoms with van der Waals surface area (Å²) in [5.41, 5.74) is -0.414. The summed E-state index contributed by atoms with van der Waals surface area (Å²) in [6.07, 6.45) is 2.71. The van der Waals surface area contributed by atoms with Gasteiger partial charge in [-0.3, -0.25) is 0 Å². The quantitative estimate of drug-likeness (QED) is 0.662. The fourth-order valence-corrected chi connectivity index (χ4v) is 1.97. The molecule has 1 N–H and O–H groups in total. The maximum absolute atomic E-state index is 11.4. The standard InChI is InChI=1S/C10H19NO2S/c1-10(2,3)13-9(12)11-7-4-5-8(14)6-7/h7-8,14H,4-6H2,1-3H3,(H,11,12). The van der Waals surface area contributed by atoms with Gasteiger partial charge in [-0.1, -0.05) is 0 Å². The van der Waals surface area contributed by atoms with E-state index in [0.717, 1.165) is 19.3 Å². The van der Waals surface area contributed by atoms with E-state index >= 15 is 0 Å². The number of thiol groups is 1. The zero-order valence-corrected chi connectivity index (χ0v) is 9.93.